The van der Waals surface area contributed by atoms with Gasteiger partial charge in [-0.25, -0.2) is 0 Å². The van der Waals surface area contributed by atoms with Gasteiger partial charge in [-0.15, -0.1) is 0 Å². The number of allylic oxidation sites excluding steroid dienone is 1. The monoisotopic (exact) mass is 311 g/mol. The van der Waals surface area contributed by atoms with Gasteiger partial charge >= 0.3 is 0 Å². The molecule has 0 saturated carbocycles. The molecule has 1 saturated heterocycles. The minimum absolute atomic E-state index is 0.138. The molecule has 1 aliphatic carbocycles. The summed E-state index contributed by atoms with van der Waals surface area (Å²) in [6, 6.07) is 8.77. The van der Waals surface area contributed by atoms with E-state index in [2.05, 4.69) is 0 Å². The van der Waals surface area contributed by atoms with Crippen LogP contribution >= 0.6 is 0 Å². The fourth-order valence-electron chi connectivity index (χ4n) is 3.39. The first-order valence-electron chi connectivity index (χ1n) is 8.10. The maximum Gasteiger partial charge on any atom is 0.210 e. The average Bonchev–Trinajstić information content (AvgIpc) is 2.60. The Hall–Kier alpha value is -2.20. The zero-order valence-corrected chi connectivity index (χ0v) is 13.3. The predicted molar refractivity (Wildman–Crippen MR) is 88.0 cm³/mol. The summed E-state index contributed by atoms with van der Waals surface area (Å²) in [6.07, 6.45) is 6.31. The lowest BCUT2D eigenvalue weighted by molar-refractivity contribution is -0.131. The summed E-state index contributed by atoms with van der Waals surface area (Å²) < 4.78 is 0. The summed E-state index contributed by atoms with van der Waals surface area (Å²) in [7, 11) is 0. The van der Waals surface area contributed by atoms with Crippen LogP contribution in [0.4, 0.5) is 0 Å². The molecule has 0 spiro atoms. The van der Waals surface area contributed by atoms with E-state index in [-0.39, 0.29) is 11.4 Å². The largest absolute Gasteiger partial charge is 0.372 e. The molecular weight excluding hydrogens is 290 g/mol. The second-order valence-electron chi connectivity index (χ2n) is 6.06. The summed E-state index contributed by atoms with van der Waals surface area (Å²) in [5.41, 5.74) is -0.549. The SMILES string of the molecule is C/C=C/C1(O)C(=O)C(C(=O)c2ccccc2)=C1N1CCCCC1. The third kappa shape index (κ3) is 2.53. The van der Waals surface area contributed by atoms with Gasteiger partial charge in [-0.05, 0) is 32.3 Å². The minimum Gasteiger partial charge on any atom is -0.372 e. The van der Waals surface area contributed by atoms with E-state index in [0.717, 1.165) is 32.4 Å². The maximum atomic E-state index is 12.7. The van der Waals surface area contributed by atoms with E-state index >= 15 is 0 Å². The summed E-state index contributed by atoms with van der Waals surface area (Å²) in [6.45, 7) is 3.30. The molecule has 0 radical (unpaired) electrons. The number of carbonyl (C=O) groups is 2. The number of ketones is 2. The number of rotatable bonds is 4. The number of benzene rings is 1. The molecule has 1 N–H and O–H groups in total. The maximum absolute atomic E-state index is 12.7. The number of aliphatic hydroxyl groups is 1. The molecule has 0 amide bonds. The Morgan fingerprint density at radius 1 is 1.17 bits per heavy atom. The van der Waals surface area contributed by atoms with Crippen LogP contribution in [0.1, 0.15) is 36.5 Å². The van der Waals surface area contributed by atoms with Gasteiger partial charge in [-0.3, -0.25) is 9.59 Å². The standard InChI is InChI=1S/C19H21NO3/c1-2-11-19(23)17(20-12-7-4-8-13-20)15(18(19)22)16(21)14-9-5-3-6-10-14/h2-3,5-6,9-11,23H,4,7-8,12-13H2,1H3/b11-2+. The van der Waals surface area contributed by atoms with E-state index in [9.17, 15) is 14.7 Å². The highest BCUT2D eigenvalue weighted by Gasteiger charge is 2.55. The van der Waals surface area contributed by atoms with Crippen LogP contribution in [-0.4, -0.2) is 40.3 Å². The van der Waals surface area contributed by atoms with Crippen molar-refractivity contribution < 1.29 is 14.7 Å². The molecule has 1 aromatic carbocycles. The second kappa shape index (κ2) is 6.13. The molecule has 4 nitrogen and oxygen atoms in total. The molecule has 120 valence electrons. The first-order valence-corrected chi connectivity index (χ1v) is 8.10. The third-order valence-corrected chi connectivity index (χ3v) is 4.51. The summed E-state index contributed by atoms with van der Waals surface area (Å²) in [5.74, 6) is -0.796. The number of hydrogen-bond acceptors (Lipinski definition) is 4. The van der Waals surface area contributed by atoms with Gasteiger partial charge in [0, 0.05) is 18.7 Å². The second-order valence-corrected chi connectivity index (χ2v) is 6.06. The van der Waals surface area contributed by atoms with Crippen molar-refractivity contribution in [3.63, 3.8) is 0 Å². The Balaban J connectivity index is 2.05. The molecule has 2 aliphatic rings. The van der Waals surface area contributed by atoms with Crippen LogP contribution in [0, 0.1) is 0 Å². The van der Waals surface area contributed by atoms with E-state index in [4.69, 9.17) is 0 Å². The van der Waals surface area contributed by atoms with E-state index < -0.39 is 11.4 Å². The van der Waals surface area contributed by atoms with Gasteiger partial charge in [0.1, 0.15) is 0 Å². The van der Waals surface area contributed by atoms with Crippen LogP contribution in [0.25, 0.3) is 0 Å². The van der Waals surface area contributed by atoms with E-state index in [0.29, 0.717) is 11.3 Å². The van der Waals surface area contributed by atoms with Crippen LogP contribution in [-0.2, 0) is 4.79 Å². The van der Waals surface area contributed by atoms with Crippen molar-refractivity contribution in [2.75, 3.05) is 13.1 Å². The van der Waals surface area contributed by atoms with Crippen LogP contribution < -0.4 is 0 Å². The van der Waals surface area contributed by atoms with E-state index in [1.54, 1.807) is 37.3 Å². The first-order chi connectivity index (χ1) is 11.1. The Morgan fingerprint density at radius 3 is 2.43 bits per heavy atom. The van der Waals surface area contributed by atoms with Crippen molar-refractivity contribution in [1.82, 2.24) is 4.90 Å². The zero-order chi connectivity index (χ0) is 16.4. The number of Topliss-reactive ketones (excluding diaryl/α,β-unsaturated/α-hetero) is 2. The van der Waals surface area contributed by atoms with Gasteiger partial charge in [0.25, 0.3) is 0 Å². The van der Waals surface area contributed by atoms with Gasteiger partial charge in [0.2, 0.25) is 5.78 Å². The Labute approximate surface area is 136 Å². The first kappa shape index (κ1) is 15.7. The summed E-state index contributed by atoms with van der Waals surface area (Å²) in [4.78, 5) is 27.3. The van der Waals surface area contributed by atoms with Crippen molar-refractivity contribution in [1.29, 1.82) is 0 Å². The number of carbonyl (C=O) groups excluding carboxylic acids is 2. The van der Waals surface area contributed by atoms with Crippen LogP contribution in [0.5, 0.6) is 0 Å². The van der Waals surface area contributed by atoms with Crippen molar-refractivity contribution in [3.8, 4) is 0 Å². The van der Waals surface area contributed by atoms with Gasteiger partial charge in [-0.1, -0.05) is 36.4 Å². The Kier molecular flexibility index (Phi) is 4.18. The van der Waals surface area contributed by atoms with Crippen LogP contribution in [0.3, 0.4) is 0 Å². The number of nitrogens with zero attached hydrogens (tertiary/aromatic N) is 1. The Morgan fingerprint density at radius 2 is 1.83 bits per heavy atom. The van der Waals surface area contributed by atoms with E-state index in [1.807, 2.05) is 11.0 Å². The fraction of sp³-hybridized carbons (Fsp3) is 0.368. The molecule has 1 aliphatic heterocycles. The molecule has 0 bridgehead atoms. The lowest BCUT2D eigenvalue weighted by Gasteiger charge is -2.45. The average molecular weight is 311 g/mol. The Bertz CT molecular complexity index is 684. The van der Waals surface area contributed by atoms with Crippen LogP contribution in [0.2, 0.25) is 0 Å². The van der Waals surface area contributed by atoms with Crippen LogP contribution in [0.15, 0.2) is 53.8 Å². The molecule has 3 rings (SSSR count). The van der Waals surface area contributed by atoms with Gasteiger partial charge < -0.3 is 10.0 Å². The molecule has 4 heteroatoms. The van der Waals surface area contributed by atoms with Gasteiger partial charge in [-0.2, -0.15) is 0 Å². The minimum atomic E-state index is -1.65. The van der Waals surface area contributed by atoms with Gasteiger partial charge in [0.05, 0.1) is 11.3 Å². The smallest absolute Gasteiger partial charge is 0.210 e. The molecule has 0 aromatic heterocycles. The molecule has 1 aromatic rings. The topological polar surface area (TPSA) is 57.6 Å². The van der Waals surface area contributed by atoms with Crippen molar-refractivity contribution in [2.24, 2.45) is 0 Å². The molecule has 23 heavy (non-hydrogen) atoms. The van der Waals surface area contributed by atoms with E-state index in [1.165, 1.54) is 6.08 Å². The molecule has 1 atom stereocenters. The summed E-state index contributed by atoms with van der Waals surface area (Å²) in [5, 5.41) is 10.8. The molecule has 1 heterocycles. The lowest BCUT2D eigenvalue weighted by Crippen LogP contribution is -2.57. The third-order valence-electron chi connectivity index (χ3n) is 4.51. The van der Waals surface area contributed by atoms with Crippen molar-refractivity contribution >= 4 is 11.6 Å². The highest BCUT2D eigenvalue weighted by atomic mass is 16.3. The quantitative estimate of drug-likeness (QED) is 0.527. The molecular formula is C19H21NO3. The van der Waals surface area contributed by atoms with Gasteiger partial charge in [0.15, 0.2) is 11.4 Å². The van der Waals surface area contributed by atoms with Crippen molar-refractivity contribution in [3.05, 3.63) is 59.3 Å². The zero-order valence-electron chi connectivity index (χ0n) is 13.3. The summed E-state index contributed by atoms with van der Waals surface area (Å²) >= 11 is 0. The highest BCUT2D eigenvalue weighted by molar-refractivity contribution is 6.34. The number of likely N-dealkylation sites (tertiary alicyclic amines) is 1. The normalized spacial score (nSPS) is 25.0. The molecule has 1 fully saturated rings. The number of piperidine rings is 1. The van der Waals surface area contributed by atoms with Crippen molar-refractivity contribution in [2.45, 2.75) is 31.8 Å². The predicted octanol–water partition coefficient (Wildman–Crippen LogP) is 2.50. The lowest BCUT2D eigenvalue weighted by atomic mass is 9.72. The highest BCUT2D eigenvalue weighted by Crippen LogP contribution is 2.41. The fourth-order valence-corrected chi connectivity index (χ4v) is 3.39. The number of hydrogen-bond donors (Lipinski definition) is 1. The molecule has 1 unspecified atom stereocenters.